The van der Waals surface area contributed by atoms with Gasteiger partial charge in [0, 0.05) is 17.5 Å². The number of rotatable bonds is 4. The first-order valence-corrected chi connectivity index (χ1v) is 12.3. The van der Waals surface area contributed by atoms with Crippen molar-refractivity contribution in [2.75, 3.05) is 0 Å². The molecular formula is C23H25N5OS2. The smallest absolute Gasteiger partial charge is 0.259 e. The summed E-state index contributed by atoms with van der Waals surface area (Å²) < 4.78 is 2.00. The summed E-state index contributed by atoms with van der Waals surface area (Å²) in [6, 6.07) is 8.24. The highest BCUT2D eigenvalue weighted by Gasteiger charge is 2.24. The van der Waals surface area contributed by atoms with Crippen molar-refractivity contribution in [3.8, 4) is 11.4 Å². The molecule has 2 unspecified atom stereocenters. The number of aromatic amines is 1. The van der Waals surface area contributed by atoms with E-state index in [2.05, 4.69) is 41.2 Å². The molecule has 8 heteroatoms. The third-order valence-corrected chi connectivity index (χ3v) is 8.25. The summed E-state index contributed by atoms with van der Waals surface area (Å²) in [7, 11) is 1.97. The Morgan fingerprint density at radius 1 is 1.32 bits per heavy atom. The number of nitrogens with one attached hydrogen (secondary N) is 1. The molecule has 5 rings (SSSR count). The van der Waals surface area contributed by atoms with Gasteiger partial charge >= 0.3 is 0 Å². The molecule has 3 heterocycles. The normalized spacial score (nSPS) is 17.1. The van der Waals surface area contributed by atoms with Crippen LogP contribution in [-0.4, -0.2) is 24.7 Å². The zero-order chi connectivity index (χ0) is 21.7. The van der Waals surface area contributed by atoms with Crippen LogP contribution in [0.3, 0.4) is 0 Å². The molecular weight excluding hydrogens is 426 g/mol. The lowest BCUT2D eigenvalue weighted by atomic mass is 9.89. The molecule has 4 aromatic rings. The third-order valence-electron chi connectivity index (χ3n) is 5.96. The van der Waals surface area contributed by atoms with Gasteiger partial charge in [-0.15, -0.1) is 21.5 Å². The third kappa shape index (κ3) is 3.72. The van der Waals surface area contributed by atoms with Gasteiger partial charge in [-0.25, -0.2) is 4.98 Å². The first-order valence-electron chi connectivity index (χ1n) is 10.6. The summed E-state index contributed by atoms with van der Waals surface area (Å²) in [5.41, 5.74) is 3.43. The molecule has 2 atom stereocenters. The Labute approximate surface area is 189 Å². The summed E-state index contributed by atoms with van der Waals surface area (Å²) in [5, 5.41) is 10.3. The maximum absolute atomic E-state index is 12.9. The van der Waals surface area contributed by atoms with Crippen LogP contribution >= 0.6 is 23.1 Å². The van der Waals surface area contributed by atoms with E-state index >= 15 is 0 Å². The second-order valence-corrected chi connectivity index (χ2v) is 10.9. The van der Waals surface area contributed by atoms with Gasteiger partial charge in [0.2, 0.25) is 0 Å². The van der Waals surface area contributed by atoms with Crippen molar-refractivity contribution in [3.05, 3.63) is 56.4 Å². The van der Waals surface area contributed by atoms with Gasteiger partial charge in [0.1, 0.15) is 10.7 Å². The van der Waals surface area contributed by atoms with Gasteiger partial charge < -0.3 is 9.55 Å². The molecule has 0 saturated heterocycles. The minimum absolute atomic E-state index is 0.0158. The van der Waals surface area contributed by atoms with Crippen molar-refractivity contribution in [2.45, 2.75) is 50.4 Å². The average molecular weight is 452 g/mol. The van der Waals surface area contributed by atoms with Crippen molar-refractivity contribution in [1.82, 2.24) is 24.7 Å². The number of thiophene rings is 1. The lowest BCUT2D eigenvalue weighted by Gasteiger charge is -2.17. The van der Waals surface area contributed by atoms with Crippen molar-refractivity contribution >= 4 is 33.3 Å². The fourth-order valence-corrected chi connectivity index (χ4v) is 6.49. The minimum Gasteiger partial charge on any atom is -0.309 e. The number of fused-ring (bicyclic) bond motifs is 3. The molecule has 0 spiro atoms. The zero-order valence-electron chi connectivity index (χ0n) is 18.1. The van der Waals surface area contributed by atoms with Crippen molar-refractivity contribution in [1.29, 1.82) is 0 Å². The van der Waals surface area contributed by atoms with Crippen molar-refractivity contribution in [3.63, 3.8) is 0 Å². The molecule has 160 valence electrons. The van der Waals surface area contributed by atoms with Gasteiger partial charge in [-0.05, 0) is 50.7 Å². The molecule has 0 amide bonds. The van der Waals surface area contributed by atoms with Crippen LogP contribution in [0.15, 0.2) is 34.2 Å². The Hall–Kier alpha value is -2.45. The molecule has 1 aliphatic rings. The Bertz CT molecular complexity index is 1340. The highest BCUT2D eigenvalue weighted by atomic mass is 32.2. The Morgan fingerprint density at radius 3 is 2.97 bits per heavy atom. The summed E-state index contributed by atoms with van der Waals surface area (Å²) >= 11 is 3.24. The van der Waals surface area contributed by atoms with E-state index in [0.29, 0.717) is 11.7 Å². The number of hydrogen-bond donors (Lipinski definition) is 1. The van der Waals surface area contributed by atoms with E-state index < -0.39 is 0 Å². The Balaban J connectivity index is 1.45. The molecule has 3 aromatic heterocycles. The highest BCUT2D eigenvalue weighted by molar-refractivity contribution is 7.99. The van der Waals surface area contributed by atoms with Crippen LogP contribution in [0.1, 0.15) is 47.3 Å². The molecule has 1 aromatic carbocycles. The van der Waals surface area contributed by atoms with Crippen LogP contribution in [0.5, 0.6) is 0 Å². The molecule has 6 nitrogen and oxygen atoms in total. The minimum atomic E-state index is -0.0524. The molecule has 1 N–H and O–H groups in total. The van der Waals surface area contributed by atoms with Crippen LogP contribution in [0.2, 0.25) is 0 Å². The predicted octanol–water partition coefficient (Wildman–Crippen LogP) is 5.07. The SMILES string of the molecule is Cc1cccc(-c2nnc(SC(C)c3nc4sc5c(c4c(=O)[nH]3)CCC(C)C5)n2C)c1. The number of thioether (sulfide) groups is 1. The van der Waals surface area contributed by atoms with E-state index in [4.69, 9.17) is 4.98 Å². The molecule has 1 aliphatic carbocycles. The summed E-state index contributed by atoms with van der Waals surface area (Å²) in [4.78, 5) is 23.0. The van der Waals surface area contributed by atoms with E-state index in [0.717, 1.165) is 46.0 Å². The van der Waals surface area contributed by atoms with Crippen molar-refractivity contribution in [2.24, 2.45) is 13.0 Å². The van der Waals surface area contributed by atoms with E-state index in [1.807, 2.05) is 30.7 Å². The number of aromatic nitrogens is 5. The molecule has 0 saturated carbocycles. The Morgan fingerprint density at radius 2 is 2.16 bits per heavy atom. The monoisotopic (exact) mass is 451 g/mol. The first-order chi connectivity index (χ1) is 14.9. The van der Waals surface area contributed by atoms with Gasteiger partial charge in [0.05, 0.1) is 10.6 Å². The fraction of sp³-hybridized carbons (Fsp3) is 0.391. The second kappa shape index (κ2) is 7.91. The van der Waals surface area contributed by atoms with E-state index in [1.165, 1.54) is 16.0 Å². The summed E-state index contributed by atoms with van der Waals surface area (Å²) in [6.45, 7) is 6.39. The van der Waals surface area contributed by atoms with Crippen LogP contribution in [0, 0.1) is 12.8 Å². The molecule has 0 fully saturated rings. The molecule has 31 heavy (non-hydrogen) atoms. The van der Waals surface area contributed by atoms with Crippen molar-refractivity contribution < 1.29 is 0 Å². The maximum Gasteiger partial charge on any atom is 0.259 e. The van der Waals surface area contributed by atoms with Crippen LogP contribution in [0.4, 0.5) is 0 Å². The highest BCUT2D eigenvalue weighted by Crippen LogP contribution is 2.38. The van der Waals surface area contributed by atoms with Gasteiger partial charge in [0.25, 0.3) is 5.56 Å². The van der Waals surface area contributed by atoms with E-state index in [9.17, 15) is 4.79 Å². The molecule has 0 radical (unpaired) electrons. The topological polar surface area (TPSA) is 76.5 Å². The lowest BCUT2D eigenvalue weighted by molar-refractivity contribution is 0.509. The van der Waals surface area contributed by atoms with Gasteiger partial charge in [-0.2, -0.15) is 0 Å². The lowest BCUT2D eigenvalue weighted by Crippen LogP contribution is -2.15. The van der Waals surface area contributed by atoms with Gasteiger partial charge in [0.15, 0.2) is 11.0 Å². The average Bonchev–Trinajstić information content (AvgIpc) is 3.28. The van der Waals surface area contributed by atoms with E-state index in [1.54, 1.807) is 23.1 Å². The largest absolute Gasteiger partial charge is 0.309 e. The number of hydrogen-bond acceptors (Lipinski definition) is 6. The fourth-order valence-electron chi connectivity index (χ4n) is 4.22. The van der Waals surface area contributed by atoms with Crippen LogP contribution < -0.4 is 5.56 Å². The van der Waals surface area contributed by atoms with Gasteiger partial charge in [-0.1, -0.05) is 42.4 Å². The number of nitrogens with zero attached hydrogens (tertiary/aromatic N) is 4. The molecule has 0 aliphatic heterocycles. The number of benzene rings is 1. The Kier molecular flexibility index (Phi) is 5.22. The van der Waals surface area contributed by atoms with Crippen LogP contribution in [0.25, 0.3) is 21.6 Å². The number of aryl methyl sites for hydroxylation is 2. The quantitative estimate of drug-likeness (QED) is 0.439. The predicted molar refractivity (Wildman–Crippen MR) is 127 cm³/mol. The number of H-pyrrole nitrogens is 1. The van der Waals surface area contributed by atoms with Crippen LogP contribution in [-0.2, 0) is 19.9 Å². The summed E-state index contributed by atoms with van der Waals surface area (Å²) in [6.07, 6.45) is 3.17. The zero-order valence-corrected chi connectivity index (χ0v) is 19.7. The van der Waals surface area contributed by atoms with Gasteiger partial charge in [-0.3, -0.25) is 4.79 Å². The first kappa shape index (κ1) is 20.5. The maximum atomic E-state index is 12.9. The van der Waals surface area contributed by atoms with E-state index in [-0.39, 0.29) is 10.8 Å². The standard InChI is InChI=1S/C23H25N5OS2/c1-12-6-5-7-15(10-12)20-26-27-23(28(20)4)30-14(3)19-24-21(29)18-16-9-8-13(2)11-17(16)31-22(18)25-19/h5-7,10,13-14H,8-9,11H2,1-4H3,(H,24,25,29). The molecule has 0 bridgehead atoms. The summed E-state index contributed by atoms with van der Waals surface area (Å²) in [5.74, 6) is 2.19. The second-order valence-electron chi connectivity index (χ2n) is 8.48.